The molecule has 0 spiro atoms. The molecule has 6 heteroatoms. The van der Waals surface area contributed by atoms with Gasteiger partial charge in [-0.2, -0.15) is 0 Å². The van der Waals surface area contributed by atoms with Crippen LogP contribution >= 0.6 is 11.8 Å². The maximum atomic E-state index is 5.56. The molecule has 0 aliphatic rings. The fourth-order valence-electron chi connectivity index (χ4n) is 1.19. The van der Waals surface area contributed by atoms with Gasteiger partial charge in [-0.3, -0.25) is 0 Å². The summed E-state index contributed by atoms with van der Waals surface area (Å²) in [5.74, 6) is 2.62. The highest BCUT2D eigenvalue weighted by Gasteiger charge is 2.05. The smallest absolute Gasteiger partial charge is 0.143 e. The predicted molar refractivity (Wildman–Crippen MR) is 64.0 cm³/mol. The number of nitrogens with zero attached hydrogens (tertiary/aromatic N) is 4. The van der Waals surface area contributed by atoms with Crippen molar-refractivity contribution in [3.8, 4) is 0 Å². The zero-order valence-electron chi connectivity index (χ0n) is 9.21. The summed E-state index contributed by atoms with van der Waals surface area (Å²) >= 11 is 1.62. The summed E-state index contributed by atoms with van der Waals surface area (Å²) in [6, 6.07) is 3.75. The van der Waals surface area contributed by atoms with Gasteiger partial charge in [0.15, 0.2) is 0 Å². The molecule has 5 nitrogen and oxygen atoms in total. The van der Waals surface area contributed by atoms with Gasteiger partial charge < -0.3 is 10.3 Å². The third kappa shape index (κ3) is 2.33. The van der Waals surface area contributed by atoms with E-state index in [9.17, 15) is 0 Å². The first-order chi connectivity index (χ1) is 7.66. The Kier molecular flexibility index (Phi) is 3.09. The van der Waals surface area contributed by atoms with Crippen molar-refractivity contribution in [2.45, 2.75) is 17.7 Å². The molecule has 2 aromatic rings. The molecule has 0 atom stereocenters. The van der Waals surface area contributed by atoms with Gasteiger partial charge in [0.1, 0.15) is 11.6 Å². The number of nitrogen functional groups attached to an aromatic ring is 1. The highest BCUT2D eigenvalue weighted by atomic mass is 32.2. The molecule has 2 heterocycles. The zero-order valence-corrected chi connectivity index (χ0v) is 10.0. The van der Waals surface area contributed by atoms with Crippen LogP contribution in [0.5, 0.6) is 0 Å². The summed E-state index contributed by atoms with van der Waals surface area (Å²) in [6.45, 7) is 1.93. The average molecular weight is 235 g/mol. The lowest BCUT2D eigenvalue weighted by Gasteiger charge is -2.01. The van der Waals surface area contributed by atoms with Crippen molar-refractivity contribution in [3.05, 3.63) is 30.0 Å². The summed E-state index contributed by atoms with van der Waals surface area (Å²) in [6.07, 6.45) is 1.66. The lowest BCUT2D eigenvalue weighted by Crippen LogP contribution is -1.97. The SMILES string of the molecule is Cc1nnc(CSc2ccc(N)cn2)n1C. The Labute approximate surface area is 98.1 Å². The minimum atomic E-state index is 0.679. The van der Waals surface area contributed by atoms with Crippen molar-refractivity contribution in [1.82, 2.24) is 19.7 Å². The van der Waals surface area contributed by atoms with Gasteiger partial charge in [0.05, 0.1) is 22.7 Å². The van der Waals surface area contributed by atoms with E-state index < -0.39 is 0 Å². The number of aromatic nitrogens is 4. The molecule has 0 saturated carbocycles. The number of rotatable bonds is 3. The molecule has 2 aromatic heterocycles. The van der Waals surface area contributed by atoms with Crippen LogP contribution in [0.25, 0.3) is 0 Å². The summed E-state index contributed by atoms with van der Waals surface area (Å²) < 4.78 is 1.98. The first kappa shape index (κ1) is 10.9. The number of nitrogens with two attached hydrogens (primary N) is 1. The Morgan fingerprint density at radius 2 is 2.19 bits per heavy atom. The molecular weight excluding hydrogens is 222 g/mol. The predicted octanol–water partition coefficient (Wildman–Crippen LogP) is 1.39. The fraction of sp³-hybridized carbons (Fsp3) is 0.300. The maximum absolute atomic E-state index is 5.56. The molecule has 0 amide bonds. The third-order valence-corrected chi connectivity index (χ3v) is 3.23. The summed E-state index contributed by atoms with van der Waals surface area (Å²) in [7, 11) is 1.96. The molecule has 2 rings (SSSR count). The van der Waals surface area contributed by atoms with Gasteiger partial charge >= 0.3 is 0 Å². The quantitative estimate of drug-likeness (QED) is 0.814. The standard InChI is InChI=1S/C10H13N5S/c1-7-13-14-9(15(7)2)6-16-10-4-3-8(11)5-12-10/h3-5H,6,11H2,1-2H3. The number of thioether (sulfide) groups is 1. The Bertz CT molecular complexity index is 476. The van der Waals surface area contributed by atoms with E-state index in [1.165, 1.54) is 0 Å². The van der Waals surface area contributed by atoms with Crippen molar-refractivity contribution in [2.75, 3.05) is 5.73 Å². The van der Waals surface area contributed by atoms with Crippen LogP contribution in [0.3, 0.4) is 0 Å². The highest BCUT2D eigenvalue weighted by Crippen LogP contribution is 2.20. The Morgan fingerprint density at radius 1 is 1.38 bits per heavy atom. The average Bonchev–Trinajstić information content (AvgIpc) is 2.60. The molecule has 0 unspecified atom stereocenters. The van der Waals surface area contributed by atoms with Crippen LogP contribution in [-0.4, -0.2) is 19.7 Å². The van der Waals surface area contributed by atoms with E-state index in [-0.39, 0.29) is 0 Å². The summed E-state index contributed by atoms with van der Waals surface area (Å²) in [4.78, 5) is 4.21. The van der Waals surface area contributed by atoms with E-state index >= 15 is 0 Å². The molecule has 0 aromatic carbocycles. The van der Waals surface area contributed by atoms with Crippen LogP contribution in [0, 0.1) is 6.92 Å². The molecular formula is C10H13N5S. The topological polar surface area (TPSA) is 69.6 Å². The van der Waals surface area contributed by atoms with Crippen molar-refractivity contribution >= 4 is 17.4 Å². The lowest BCUT2D eigenvalue weighted by atomic mass is 10.4. The van der Waals surface area contributed by atoms with E-state index in [0.29, 0.717) is 5.69 Å². The molecule has 0 aliphatic heterocycles. The molecule has 84 valence electrons. The Balaban J connectivity index is 2.02. The molecule has 2 N–H and O–H groups in total. The Morgan fingerprint density at radius 3 is 2.75 bits per heavy atom. The monoisotopic (exact) mass is 235 g/mol. The van der Waals surface area contributed by atoms with Crippen molar-refractivity contribution in [2.24, 2.45) is 7.05 Å². The molecule has 0 aliphatic carbocycles. The fourth-order valence-corrected chi connectivity index (χ4v) is 2.01. The number of hydrogen-bond acceptors (Lipinski definition) is 5. The van der Waals surface area contributed by atoms with Crippen LogP contribution in [0.4, 0.5) is 5.69 Å². The second-order valence-corrected chi connectivity index (χ2v) is 4.44. The van der Waals surface area contributed by atoms with Gasteiger partial charge in [0.2, 0.25) is 0 Å². The normalized spacial score (nSPS) is 10.6. The van der Waals surface area contributed by atoms with Gasteiger partial charge in [-0.25, -0.2) is 4.98 Å². The molecule has 0 bridgehead atoms. The first-order valence-corrected chi connectivity index (χ1v) is 5.84. The van der Waals surface area contributed by atoms with Crippen molar-refractivity contribution in [3.63, 3.8) is 0 Å². The minimum absolute atomic E-state index is 0.679. The van der Waals surface area contributed by atoms with E-state index in [2.05, 4.69) is 15.2 Å². The van der Waals surface area contributed by atoms with E-state index in [0.717, 1.165) is 22.4 Å². The number of pyridine rings is 1. The van der Waals surface area contributed by atoms with Gasteiger partial charge in [0.25, 0.3) is 0 Å². The minimum Gasteiger partial charge on any atom is -0.397 e. The second-order valence-electron chi connectivity index (χ2n) is 3.44. The highest BCUT2D eigenvalue weighted by molar-refractivity contribution is 7.98. The van der Waals surface area contributed by atoms with Crippen molar-refractivity contribution < 1.29 is 0 Å². The first-order valence-electron chi connectivity index (χ1n) is 4.86. The van der Waals surface area contributed by atoms with Gasteiger partial charge in [-0.1, -0.05) is 11.8 Å². The lowest BCUT2D eigenvalue weighted by molar-refractivity contribution is 0.816. The largest absolute Gasteiger partial charge is 0.397 e. The number of hydrogen-bond donors (Lipinski definition) is 1. The Hall–Kier alpha value is -1.56. The van der Waals surface area contributed by atoms with Crippen LogP contribution in [0.1, 0.15) is 11.6 Å². The molecule has 0 fully saturated rings. The zero-order chi connectivity index (χ0) is 11.5. The van der Waals surface area contributed by atoms with Gasteiger partial charge in [0, 0.05) is 7.05 Å². The van der Waals surface area contributed by atoms with Gasteiger partial charge in [-0.15, -0.1) is 10.2 Å². The van der Waals surface area contributed by atoms with E-state index in [1.807, 2.05) is 30.7 Å². The van der Waals surface area contributed by atoms with Crippen LogP contribution < -0.4 is 5.73 Å². The molecule has 16 heavy (non-hydrogen) atoms. The summed E-state index contributed by atoms with van der Waals surface area (Å²) in [5.41, 5.74) is 6.24. The second kappa shape index (κ2) is 4.52. The van der Waals surface area contributed by atoms with Crippen molar-refractivity contribution in [1.29, 1.82) is 0 Å². The van der Waals surface area contributed by atoms with E-state index in [1.54, 1.807) is 18.0 Å². The van der Waals surface area contributed by atoms with Crippen LogP contribution in [-0.2, 0) is 12.8 Å². The number of aryl methyl sites for hydroxylation is 1. The molecule has 0 radical (unpaired) electrons. The maximum Gasteiger partial charge on any atom is 0.143 e. The molecule has 0 saturated heterocycles. The summed E-state index contributed by atoms with van der Waals surface area (Å²) in [5, 5.41) is 9.03. The van der Waals surface area contributed by atoms with Crippen LogP contribution in [0.15, 0.2) is 23.4 Å². The van der Waals surface area contributed by atoms with E-state index in [4.69, 9.17) is 5.73 Å². The van der Waals surface area contributed by atoms with Crippen LogP contribution in [0.2, 0.25) is 0 Å². The third-order valence-electron chi connectivity index (χ3n) is 2.29. The van der Waals surface area contributed by atoms with Gasteiger partial charge in [-0.05, 0) is 19.1 Å². The number of anilines is 1.